The second-order valence-corrected chi connectivity index (χ2v) is 4.50. The van der Waals surface area contributed by atoms with Crippen LogP contribution < -0.4 is 5.73 Å². The Balaban J connectivity index is 1.97. The van der Waals surface area contributed by atoms with Crippen LogP contribution in [0.5, 0.6) is 0 Å². The number of ether oxygens (including phenoxy) is 1. The Bertz CT molecular complexity index is 539. The molecule has 0 radical (unpaired) electrons. The largest absolute Gasteiger partial charge is 0.459 e. The molecule has 0 amide bonds. The Labute approximate surface area is 110 Å². The topological polar surface area (TPSA) is 48.4 Å². The lowest BCUT2D eigenvalue weighted by atomic mass is 10.1. The van der Waals surface area contributed by atoms with Crippen LogP contribution in [-0.2, 0) is 4.74 Å². The summed E-state index contributed by atoms with van der Waals surface area (Å²) in [4.78, 5) is 0. The van der Waals surface area contributed by atoms with Crippen molar-refractivity contribution in [2.24, 2.45) is 5.73 Å². The molecule has 0 spiro atoms. The van der Waals surface area contributed by atoms with Gasteiger partial charge < -0.3 is 14.9 Å². The number of rotatable bonds is 6. The SMILES string of the molecule is Cc1cccc2cc(C(N)CCOCC(F)F)oc12. The van der Waals surface area contributed by atoms with E-state index in [0.717, 1.165) is 16.5 Å². The third kappa shape index (κ3) is 3.52. The van der Waals surface area contributed by atoms with Crippen molar-refractivity contribution in [3.63, 3.8) is 0 Å². The van der Waals surface area contributed by atoms with Crippen LogP contribution in [0.25, 0.3) is 11.0 Å². The summed E-state index contributed by atoms with van der Waals surface area (Å²) < 4.78 is 34.3. The van der Waals surface area contributed by atoms with Crippen molar-refractivity contribution in [1.29, 1.82) is 0 Å². The summed E-state index contributed by atoms with van der Waals surface area (Å²) in [5.41, 5.74) is 7.83. The van der Waals surface area contributed by atoms with Crippen LogP contribution in [0, 0.1) is 6.92 Å². The molecule has 104 valence electrons. The first-order chi connectivity index (χ1) is 9.08. The highest BCUT2D eigenvalue weighted by Crippen LogP contribution is 2.26. The monoisotopic (exact) mass is 269 g/mol. The molecule has 0 aliphatic carbocycles. The molecule has 0 aliphatic rings. The predicted octanol–water partition coefficient (Wildman–Crippen LogP) is 3.41. The zero-order valence-corrected chi connectivity index (χ0v) is 10.7. The molecular formula is C14H17F2NO2. The van der Waals surface area contributed by atoms with Gasteiger partial charge in [0.15, 0.2) is 0 Å². The van der Waals surface area contributed by atoms with Crippen LogP contribution >= 0.6 is 0 Å². The Hall–Kier alpha value is -1.46. The van der Waals surface area contributed by atoms with Crippen molar-refractivity contribution in [2.75, 3.05) is 13.2 Å². The Morgan fingerprint density at radius 3 is 2.84 bits per heavy atom. The maximum Gasteiger partial charge on any atom is 0.261 e. The molecule has 1 atom stereocenters. The second-order valence-electron chi connectivity index (χ2n) is 4.50. The van der Waals surface area contributed by atoms with E-state index in [9.17, 15) is 8.78 Å². The van der Waals surface area contributed by atoms with Crippen molar-refractivity contribution < 1.29 is 17.9 Å². The number of alkyl halides is 2. The van der Waals surface area contributed by atoms with Gasteiger partial charge in [-0.05, 0) is 25.0 Å². The van der Waals surface area contributed by atoms with E-state index in [-0.39, 0.29) is 12.6 Å². The molecule has 1 heterocycles. The number of hydrogen-bond acceptors (Lipinski definition) is 3. The molecule has 0 fully saturated rings. The molecule has 1 unspecified atom stereocenters. The molecule has 2 aromatic rings. The van der Waals surface area contributed by atoms with E-state index in [0.29, 0.717) is 12.2 Å². The van der Waals surface area contributed by atoms with Gasteiger partial charge in [-0.15, -0.1) is 0 Å². The minimum atomic E-state index is -2.44. The van der Waals surface area contributed by atoms with Gasteiger partial charge in [-0.3, -0.25) is 0 Å². The summed E-state index contributed by atoms with van der Waals surface area (Å²) in [7, 11) is 0. The summed E-state index contributed by atoms with van der Waals surface area (Å²) in [5, 5.41) is 0.999. The smallest absolute Gasteiger partial charge is 0.261 e. The van der Waals surface area contributed by atoms with E-state index >= 15 is 0 Å². The first kappa shape index (κ1) is 14.0. The van der Waals surface area contributed by atoms with Crippen molar-refractivity contribution in [2.45, 2.75) is 25.8 Å². The van der Waals surface area contributed by atoms with Gasteiger partial charge in [-0.25, -0.2) is 8.78 Å². The lowest BCUT2D eigenvalue weighted by Gasteiger charge is -2.08. The number of halogens is 2. The molecule has 0 bridgehead atoms. The number of benzene rings is 1. The van der Waals surface area contributed by atoms with Gasteiger partial charge in [0, 0.05) is 12.0 Å². The molecule has 5 heteroatoms. The van der Waals surface area contributed by atoms with Gasteiger partial charge >= 0.3 is 0 Å². The Kier molecular flexibility index (Phi) is 4.50. The summed E-state index contributed by atoms with van der Waals surface area (Å²) in [6.07, 6.45) is -1.99. The van der Waals surface area contributed by atoms with Gasteiger partial charge in [-0.2, -0.15) is 0 Å². The Morgan fingerprint density at radius 2 is 2.16 bits per heavy atom. The standard InChI is InChI=1S/C14H17F2NO2/c1-9-3-2-4-10-7-12(19-14(9)10)11(17)5-6-18-8-13(15)16/h2-4,7,11,13H,5-6,8,17H2,1H3. The molecule has 2 rings (SSSR count). The van der Waals surface area contributed by atoms with Crippen LogP contribution in [0.1, 0.15) is 23.8 Å². The zero-order chi connectivity index (χ0) is 13.8. The molecule has 1 aromatic heterocycles. The molecule has 0 saturated carbocycles. The Morgan fingerprint density at radius 1 is 1.37 bits per heavy atom. The van der Waals surface area contributed by atoms with E-state index in [4.69, 9.17) is 14.9 Å². The summed E-state index contributed by atoms with van der Waals surface area (Å²) in [6, 6.07) is 7.42. The second kappa shape index (κ2) is 6.12. The van der Waals surface area contributed by atoms with Gasteiger partial charge in [-0.1, -0.05) is 18.2 Å². The average molecular weight is 269 g/mol. The highest BCUT2D eigenvalue weighted by atomic mass is 19.3. The summed E-state index contributed by atoms with van der Waals surface area (Å²) >= 11 is 0. The van der Waals surface area contributed by atoms with E-state index < -0.39 is 13.0 Å². The van der Waals surface area contributed by atoms with Crippen LogP contribution in [0.3, 0.4) is 0 Å². The molecular weight excluding hydrogens is 252 g/mol. The number of furan rings is 1. The number of para-hydroxylation sites is 1. The molecule has 3 nitrogen and oxygen atoms in total. The molecule has 1 aromatic carbocycles. The highest BCUT2D eigenvalue weighted by Gasteiger charge is 2.13. The van der Waals surface area contributed by atoms with Crippen molar-refractivity contribution in [1.82, 2.24) is 0 Å². The first-order valence-electron chi connectivity index (χ1n) is 6.18. The lowest BCUT2D eigenvalue weighted by molar-refractivity contribution is 0.0148. The van der Waals surface area contributed by atoms with Crippen LogP contribution in [-0.4, -0.2) is 19.6 Å². The van der Waals surface area contributed by atoms with Crippen molar-refractivity contribution in [3.8, 4) is 0 Å². The normalized spacial score (nSPS) is 13.3. The maximum atomic E-state index is 11.9. The maximum absolute atomic E-state index is 11.9. The van der Waals surface area contributed by atoms with Crippen molar-refractivity contribution >= 4 is 11.0 Å². The van der Waals surface area contributed by atoms with E-state index in [1.54, 1.807) is 0 Å². The summed E-state index contributed by atoms with van der Waals surface area (Å²) in [5.74, 6) is 0.657. The van der Waals surface area contributed by atoms with Crippen LogP contribution in [0.15, 0.2) is 28.7 Å². The van der Waals surface area contributed by atoms with Crippen LogP contribution in [0.2, 0.25) is 0 Å². The summed E-state index contributed by atoms with van der Waals surface area (Å²) in [6.45, 7) is 1.61. The number of hydrogen-bond donors (Lipinski definition) is 1. The van der Waals surface area contributed by atoms with E-state index in [1.807, 2.05) is 31.2 Å². The van der Waals surface area contributed by atoms with E-state index in [2.05, 4.69) is 0 Å². The number of nitrogens with two attached hydrogens (primary N) is 1. The van der Waals surface area contributed by atoms with Crippen LogP contribution in [0.4, 0.5) is 8.78 Å². The number of aryl methyl sites for hydroxylation is 1. The quantitative estimate of drug-likeness (QED) is 0.817. The fourth-order valence-corrected chi connectivity index (χ4v) is 1.94. The third-order valence-electron chi connectivity index (χ3n) is 2.94. The molecule has 0 aliphatic heterocycles. The molecule has 2 N–H and O–H groups in total. The fraction of sp³-hybridized carbons (Fsp3) is 0.429. The van der Waals surface area contributed by atoms with Gasteiger partial charge in [0.2, 0.25) is 0 Å². The highest BCUT2D eigenvalue weighted by molar-refractivity contribution is 5.80. The third-order valence-corrected chi connectivity index (χ3v) is 2.94. The van der Waals surface area contributed by atoms with Crippen molar-refractivity contribution in [3.05, 3.63) is 35.6 Å². The molecule has 0 saturated heterocycles. The minimum absolute atomic E-state index is 0.196. The first-order valence-corrected chi connectivity index (χ1v) is 6.18. The van der Waals surface area contributed by atoms with Gasteiger partial charge in [0.25, 0.3) is 6.43 Å². The lowest BCUT2D eigenvalue weighted by Crippen LogP contribution is -2.14. The predicted molar refractivity (Wildman–Crippen MR) is 69.3 cm³/mol. The average Bonchev–Trinajstić information content (AvgIpc) is 2.79. The molecule has 19 heavy (non-hydrogen) atoms. The fourth-order valence-electron chi connectivity index (χ4n) is 1.94. The van der Waals surface area contributed by atoms with Gasteiger partial charge in [0.1, 0.15) is 18.0 Å². The number of fused-ring (bicyclic) bond motifs is 1. The minimum Gasteiger partial charge on any atom is -0.459 e. The van der Waals surface area contributed by atoms with E-state index in [1.165, 1.54) is 0 Å². The van der Waals surface area contributed by atoms with Gasteiger partial charge in [0.05, 0.1) is 6.04 Å². The zero-order valence-electron chi connectivity index (χ0n) is 10.7.